The van der Waals surface area contributed by atoms with Gasteiger partial charge in [-0.2, -0.15) is 0 Å². The number of alkyl halides is 2. The van der Waals surface area contributed by atoms with Gasteiger partial charge in [-0.3, -0.25) is 4.74 Å². The molecule has 2 heterocycles. The lowest BCUT2D eigenvalue weighted by Crippen LogP contribution is -2.44. The first-order chi connectivity index (χ1) is 7.12. The van der Waals surface area contributed by atoms with E-state index < -0.39 is 9.39 Å². The molecule has 2 aliphatic heterocycles. The summed E-state index contributed by atoms with van der Waals surface area (Å²) in [5.74, 6) is 0. The van der Waals surface area contributed by atoms with Crippen LogP contribution in [-0.2, 0) is 14.2 Å². The molecule has 88 valence electrons. The van der Waals surface area contributed by atoms with E-state index in [0.29, 0.717) is 0 Å². The Hall–Kier alpha value is 0.840. The number of ether oxygens (including phenoxy) is 3. The zero-order valence-electron chi connectivity index (χ0n) is 8.64. The predicted molar refractivity (Wildman–Crippen MR) is 64.0 cm³/mol. The van der Waals surface area contributed by atoms with Crippen LogP contribution in [0.15, 0.2) is 0 Å². The maximum Gasteiger partial charge on any atom is 0.229 e. The summed E-state index contributed by atoms with van der Waals surface area (Å²) in [6, 6.07) is 0. The second kappa shape index (κ2) is 5.00. The van der Waals surface area contributed by atoms with Crippen molar-refractivity contribution in [1.29, 1.82) is 0 Å². The van der Waals surface area contributed by atoms with Crippen LogP contribution in [0, 0.1) is 0 Å². The molecule has 15 heavy (non-hydrogen) atoms. The lowest BCUT2D eigenvalue weighted by Gasteiger charge is -2.40. The molecule has 0 saturated carbocycles. The van der Waals surface area contributed by atoms with Crippen LogP contribution >= 0.6 is 31.9 Å². The van der Waals surface area contributed by atoms with Crippen molar-refractivity contribution in [3.05, 3.63) is 0 Å². The summed E-state index contributed by atoms with van der Waals surface area (Å²) < 4.78 is 15.8. The highest BCUT2D eigenvalue weighted by molar-refractivity contribution is 9.10. The Morgan fingerprint density at radius 3 is 1.60 bits per heavy atom. The van der Waals surface area contributed by atoms with Gasteiger partial charge >= 0.3 is 0 Å². The third kappa shape index (κ3) is 3.40. The van der Waals surface area contributed by atoms with Gasteiger partial charge in [0.25, 0.3) is 0 Å². The van der Waals surface area contributed by atoms with Crippen LogP contribution in [0.2, 0.25) is 0 Å². The van der Waals surface area contributed by atoms with Crippen LogP contribution in [-0.4, -0.2) is 22.6 Å². The van der Waals surface area contributed by atoms with Crippen LogP contribution in [0.3, 0.4) is 0 Å². The smallest absolute Gasteiger partial charge is 0.229 e. The van der Waals surface area contributed by atoms with Gasteiger partial charge in [-0.25, -0.2) is 0 Å². The van der Waals surface area contributed by atoms with E-state index in [9.17, 15) is 0 Å². The molecule has 0 aromatic carbocycles. The molecule has 0 aromatic rings. The van der Waals surface area contributed by atoms with Gasteiger partial charge in [0.15, 0.2) is 0 Å². The molecule has 2 fully saturated rings. The Labute approximate surface area is 107 Å². The molecule has 0 aliphatic carbocycles. The summed E-state index contributed by atoms with van der Waals surface area (Å²) in [5.41, 5.74) is 0. The first-order valence-corrected chi connectivity index (χ1v) is 7.06. The zero-order valence-corrected chi connectivity index (χ0v) is 11.8. The largest absolute Gasteiger partial charge is 0.341 e. The lowest BCUT2D eigenvalue weighted by molar-refractivity contribution is -0.293. The average Bonchev–Trinajstić information content (AvgIpc) is 2.18. The van der Waals surface area contributed by atoms with E-state index in [2.05, 4.69) is 31.9 Å². The molecule has 0 N–H and O–H groups in total. The van der Waals surface area contributed by atoms with E-state index in [1.807, 2.05) is 0 Å². The Morgan fingerprint density at radius 1 is 0.800 bits per heavy atom. The zero-order chi connectivity index (χ0) is 10.8. The molecule has 2 rings (SSSR count). The summed E-state index contributed by atoms with van der Waals surface area (Å²) in [5, 5.41) is 0. The molecular weight excluding hydrogens is 328 g/mol. The minimum Gasteiger partial charge on any atom is -0.341 e. The predicted octanol–water partition coefficient (Wildman–Crippen LogP) is 3.50. The first-order valence-electron chi connectivity index (χ1n) is 5.48. The molecular formula is C10H16Br2O3. The first kappa shape index (κ1) is 12.3. The van der Waals surface area contributed by atoms with Gasteiger partial charge in [0.2, 0.25) is 9.39 Å². The van der Waals surface area contributed by atoms with Gasteiger partial charge in [-0.15, -0.1) is 0 Å². The van der Waals surface area contributed by atoms with Gasteiger partial charge in [-0.1, -0.05) is 0 Å². The van der Waals surface area contributed by atoms with Crippen molar-refractivity contribution in [3.8, 4) is 0 Å². The molecule has 5 heteroatoms. The second-order valence-electron chi connectivity index (χ2n) is 4.03. The summed E-state index contributed by atoms with van der Waals surface area (Å²) in [7, 11) is 0. The van der Waals surface area contributed by atoms with E-state index in [4.69, 9.17) is 14.2 Å². The van der Waals surface area contributed by atoms with E-state index in [-0.39, 0.29) is 0 Å². The number of hydrogen-bond acceptors (Lipinski definition) is 3. The minimum atomic E-state index is -0.661. The molecule has 0 aromatic heterocycles. The third-order valence-corrected chi connectivity index (χ3v) is 4.25. The number of rotatable bonds is 2. The van der Waals surface area contributed by atoms with Crippen molar-refractivity contribution in [2.75, 3.05) is 13.2 Å². The summed E-state index contributed by atoms with van der Waals surface area (Å²) in [6.07, 6.45) is 6.18. The van der Waals surface area contributed by atoms with Crippen LogP contribution in [0.5, 0.6) is 0 Å². The van der Waals surface area contributed by atoms with Gasteiger partial charge in [0.1, 0.15) is 0 Å². The van der Waals surface area contributed by atoms with Crippen molar-refractivity contribution in [1.82, 2.24) is 0 Å². The maximum absolute atomic E-state index is 5.90. The van der Waals surface area contributed by atoms with Crippen LogP contribution < -0.4 is 0 Å². The second-order valence-corrected chi connectivity index (χ2v) is 6.45. The van der Waals surface area contributed by atoms with Crippen LogP contribution in [0.4, 0.5) is 0 Å². The highest BCUT2D eigenvalue weighted by Crippen LogP contribution is 2.42. The van der Waals surface area contributed by atoms with E-state index in [1.54, 1.807) is 0 Å². The van der Waals surface area contributed by atoms with Crippen molar-refractivity contribution in [3.63, 3.8) is 0 Å². The molecule has 0 radical (unpaired) electrons. The summed E-state index contributed by atoms with van der Waals surface area (Å²) in [4.78, 5) is 0. The molecule has 2 aliphatic rings. The number of hydrogen-bond donors (Lipinski definition) is 0. The maximum atomic E-state index is 5.90. The summed E-state index contributed by atoms with van der Waals surface area (Å²) in [6.45, 7) is 1.49. The van der Waals surface area contributed by atoms with Crippen molar-refractivity contribution < 1.29 is 14.2 Å². The highest BCUT2D eigenvalue weighted by Gasteiger charge is 2.42. The normalized spacial score (nSPS) is 42.8. The summed E-state index contributed by atoms with van der Waals surface area (Å²) >= 11 is 7.02. The topological polar surface area (TPSA) is 27.7 Å². The number of halogens is 2. The quantitative estimate of drug-likeness (QED) is 0.718. The fourth-order valence-corrected chi connectivity index (χ4v) is 3.48. The minimum absolute atomic E-state index is 0.661. The molecule has 0 bridgehead atoms. The lowest BCUT2D eigenvalue weighted by atomic mass is 10.2. The molecule has 0 spiro atoms. The molecule has 3 nitrogen and oxygen atoms in total. The van der Waals surface area contributed by atoms with Crippen LogP contribution in [0.25, 0.3) is 0 Å². The van der Waals surface area contributed by atoms with Gasteiger partial charge in [-0.05, 0) is 57.5 Å². The SMILES string of the molecule is BrC1(OC2(Br)CCCCO2)CCCCO1. The molecule has 0 amide bonds. The van der Waals surface area contributed by atoms with Crippen LogP contribution in [0.1, 0.15) is 38.5 Å². The Kier molecular flexibility index (Phi) is 4.10. The van der Waals surface area contributed by atoms with Crippen molar-refractivity contribution >= 4 is 31.9 Å². The standard InChI is InChI=1S/C10H16Br2O3/c11-9(5-1-3-7-13-9)15-10(12)6-2-4-8-14-10/h1-8H2. The average molecular weight is 344 g/mol. The Bertz CT molecular complexity index is 189. The highest BCUT2D eigenvalue weighted by atomic mass is 79.9. The molecule has 2 saturated heterocycles. The van der Waals surface area contributed by atoms with Gasteiger partial charge in [0.05, 0.1) is 13.2 Å². The van der Waals surface area contributed by atoms with Gasteiger partial charge < -0.3 is 9.47 Å². The Balaban J connectivity index is 1.93. The van der Waals surface area contributed by atoms with Crippen molar-refractivity contribution in [2.24, 2.45) is 0 Å². The molecule has 2 atom stereocenters. The van der Waals surface area contributed by atoms with E-state index in [1.165, 1.54) is 0 Å². The van der Waals surface area contributed by atoms with Gasteiger partial charge in [0, 0.05) is 12.8 Å². The van der Waals surface area contributed by atoms with E-state index in [0.717, 1.165) is 51.7 Å². The Morgan fingerprint density at radius 2 is 1.27 bits per heavy atom. The third-order valence-electron chi connectivity index (χ3n) is 2.68. The molecule has 2 unspecified atom stereocenters. The van der Waals surface area contributed by atoms with Crippen molar-refractivity contribution in [2.45, 2.75) is 47.9 Å². The van der Waals surface area contributed by atoms with E-state index >= 15 is 0 Å². The fourth-order valence-electron chi connectivity index (χ4n) is 1.86. The fraction of sp³-hybridized carbons (Fsp3) is 1.00. The monoisotopic (exact) mass is 342 g/mol.